The Balaban J connectivity index is 2.35. The van der Waals surface area contributed by atoms with Gasteiger partial charge in [0.25, 0.3) is 0 Å². The van der Waals surface area contributed by atoms with Gasteiger partial charge in [-0.2, -0.15) is 0 Å². The molecule has 7 atom stereocenters. The minimum atomic E-state index is -1.55. The summed E-state index contributed by atoms with van der Waals surface area (Å²) >= 11 is 0. The SMILES string of the molecule is CCCCCCCCCCCCCCCCCC(=O)N[C@@H](CO[C@H]1O[C@@H](CO)[C@H](O)C(O)C1O)[C@H](O)CCCCCCCCCCCCCCC. The first-order valence-electron chi connectivity index (χ1n) is 21.7. The van der Waals surface area contributed by atoms with Crippen molar-refractivity contribution in [3.8, 4) is 0 Å². The van der Waals surface area contributed by atoms with Crippen LogP contribution in [-0.4, -0.2) is 87.5 Å². The summed E-state index contributed by atoms with van der Waals surface area (Å²) in [5.74, 6) is -0.142. The topological polar surface area (TPSA) is 149 Å². The van der Waals surface area contributed by atoms with Gasteiger partial charge in [0, 0.05) is 6.42 Å². The molecule has 9 nitrogen and oxygen atoms in total. The van der Waals surface area contributed by atoms with Gasteiger partial charge in [-0.25, -0.2) is 0 Å². The summed E-state index contributed by atoms with van der Waals surface area (Å²) < 4.78 is 11.2. The van der Waals surface area contributed by atoms with E-state index in [0.29, 0.717) is 12.8 Å². The molecule has 0 aromatic rings. The molecule has 304 valence electrons. The van der Waals surface area contributed by atoms with Crippen molar-refractivity contribution in [3.05, 3.63) is 0 Å². The van der Waals surface area contributed by atoms with E-state index >= 15 is 0 Å². The molecule has 9 heteroatoms. The Bertz CT molecular complexity index is 771. The lowest BCUT2D eigenvalue weighted by molar-refractivity contribution is -0.302. The maximum Gasteiger partial charge on any atom is 0.220 e. The van der Waals surface area contributed by atoms with Gasteiger partial charge in [-0.15, -0.1) is 0 Å². The van der Waals surface area contributed by atoms with Crippen molar-refractivity contribution in [1.82, 2.24) is 5.32 Å². The Kier molecular flexibility index (Phi) is 31.9. The number of hydrogen-bond donors (Lipinski definition) is 6. The first kappa shape index (κ1) is 48.2. The predicted octanol–water partition coefficient (Wildman–Crippen LogP) is 8.39. The van der Waals surface area contributed by atoms with Gasteiger partial charge >= 0.3 is 0 Å². The molecule has 1 amide bonds. The van der Waals surface area contributed by atoms with Crippen LogP contribution in [-0.2, 0) is 14.3 Å². The second-order valence-electron chi connectivity index (χ2n) is 15.5. The van der Waals surface area contributed by atoms with Crippen LogP contribution in [0.3, 0.4) is 0 Å². The number of amides is 1. The van der Waals surface area contributed by atoms with Gasteiger partial charge in [-0.1, -0.05) is 187 Å². The summed E-state index contributed by atoms with van der Waals surface area (Å²) in [6, 6.07) is -0.710. The largest absolute Gasteiger partial charge is 0.394 e. The number of carbonyl (C=O) groups excluding carboxylic acids is 1. The summed E-state index contributed by atoms with van der Waals surface area (Å²) in [6.45, 7) is 3.83. The lowest BCUT2D eigenvalue weighted by atomic mass is 9.99. The minimum absolute atomic E-state index is 0.132. The molecule has 1 heterocycles. The average molecular weight is 730 g/mol. The maximum absolute atomic E-state index is 12.9. The minimum Gasteiger partial charge on any atom is -0.394 e. The van der Waals surface area contributed by atoms with Gasteiger partial charge < -0.3 is 40.3 Å². The fourth-order valence-electron chi connectivity index (χ4n) is 7.16. The van der Waals surface area contributed by atoms with Gasteiger partial charge in [0.1, 0.15) is 24.4 Å². The van der Waals surface area contributed by atoms with Crippen molar-refractivity contribution in [2.75, 3.05) is 13.2 Å². The molecule has 1 fully saturated rings. The van der Waals surface area contributed by atoms with E-state index in [4.69, 9.17) is 9.47 Å². The molecule has 1 aliphatic heterocycles. The molecule has 0 aromatic heterocycles. The molecule has 1 saturated heterocycles. The summed E-state index contributed by atoms with van der Waals surface area (Å²) in [6.07, 6.45) is 28.2. The standard InChI is InChI=1S/C42H83NO8/c1-3-5-7-9-11-13-15-17-18-20-22-24-26-28-30-32-38(46)43-35(34-50-42-41(49)40(48)39(47)37(33-44)51-42)36(45)31-29-27-25-23-21-19-16-14-12-10-8-6-4-2/h35-37,39-42,44-45,47-49H,3-34H2,1-2H3,(H,43,46)/t35-,36+,37-,39-,40?,41?,42-/m0/s1. The van der Waals surface area contributed by atoms with Gasteiger partial charge in [0.15, 0.2) is 6.29 Å². The van der Waals surface area contributed by atoms with Crippen molar-refractivity contribution in [2.24, 2.45) is 0 Å². The first-order chi connectivity index (χ1) is 24.8. The number of rotatable bonds is 36. The van der Waals surface area contributed by atoms with Crippen LogP contribution in [0.5, 0.6) is 0 Å². The highest BCUT2D eigenvalue weighted by Crippen LogP contribution is 2.23. The molecule has 0 saturated carbocycles. The normalized spacial score (nSPS) is 21.9. The van der Waals surface area contributed by atoms with Crippen LogP contribution in [0.2, 0.25) is 0 Å². The molecule has 1 aliphatic rings. The van der Waals surface area contributed by atoms with Crippen molar-refractivity contribution in [1.29, 1.82) is 0 Å². The highest BCUT2D eigenvalue weighted by molar-refractivity contribution is 5.76. The van der Waals surface area contributed by atoms with Gasteiger partial charge in [-0.05, 0) is 12.8 Å². The Morgan fingerprint density at radius 3 is 1.39 bits per heavy atom. The zero-order chi connectivity index (χ0) is 37.4. The molecule has 2 unspecified atom stereocenters. The molecular formula is C42H83NO8. The van der Waals surface area contributed by atoms with Crippen LogP contribution in [0.1, 0.15) is 206 Å². The number of aliphatic hydroxyl groups is 5. The number of unbranched alkanes of at least 4 members (excludes halogenated alkanes) is 26. The van der Waals surface area contributed by atoms with Crippen LogP contribution in [0.25, 0.3) is 0 Å². The molecular weight excluding hydrogens is 646 g/mol. The number of ether oxygens (including phenoxy) is 2. The lowest BCUT2D eigenvalue weighted by Gasteiger charge is -2.40. The fourth-order valence-corrected chi connectivity index (χ4v) is 7.16. The smallest absolute Gasteiger partial charge is 0.220 e. The van der Waals surface area contributed by atoms with Crippen molar-refractivity contribution >= 4 is 5.91 Å². The van der Waals surface area contributed by atoms with Crippen LogP contribution >= 0.6 is 0 Å². The highest BCUT2D eigenvalue weighted by atomic mass is 16.7. The Labute approximate surface area is 313 Å². The second kappa shape index (κ2) is 33.7. The molecule has 0 spiro atoms. The zero-order valence-electron chi connectivity index (χ0n) is 33.1. The van der Waals surface area contributed by atoms with E-state index in [-0.39, 0.29) is 12.5 Å². The second-order valence-corrected chi connectivity index (χ2v) is 15.5. The molecule has 6 N–H and O–H groups in total. The number of carbonyl (C=O) groups is 1. The quantitative estimate of drug-likeness (QED) is 0.0353. The summed E-state index contributed by atoms with van der Waals surface area (Å²) in [7, 11) is 0. The zero-order valence-corrected chi connectivity index (χ0v) is 33.1. The van der Waals surface area contributed by atoms with Crippen LogP contribution in [0.4, 0.5) is 0 Å². The Hall–Kier alpha value is -0.810. The van der Waals surface area contributed by atoms with Crippen LogP contribution < -0.4 is 5.32 Å². The predicted molar refractivity (Wildman–Crippen MR) is 208 cm³/mol. The first-order valence-corrected chi connectivity index (χ1v) is 21.7. The summed E-state index contributed by atoms with van der Waals surface area (Å²) in [4.78, 5) is 12.9. The summed E-state index contributed by atoms with van der Waals surface area (Å²) in [5.41, 5.74) is 0. The third-order valence-electron chi connectivity index (χ3n) is 10.7. The van der Waals surface area contributed by atoms with Crippen molar-refractivity contribution in [2.45, 2.75) is 249 Å². The van der Waals surface area contributed by atoms with E-state index in [9.17, 15) is 30.3 Å². The third-order valence-corrected chi connectivity index (χ3v) is 10.7. The summed E-state index contributed by atoms with van der Waals surface area (Å²) in [5, 5.41) is 54.2. The molecule has 0 radical (unpaired) electrons. The van der Waals surface area contributed by atoms with Gasteiger partial charge in [0.05, 0.1) is 25.4 Å². The van der Waals surface area contributed by atoms with E-state index < -0.39 is 49.5 Å². The third kappa shape index (κ3) is 25.0. The van der Waals surface area contributed by atoms with Gasteiger partial charge in [-0.3, -0.25) is 4.79 Å². The van der Waals surface area contributed by atoms with E-state index in [1.807, 2.05) is 0 Å². The van der Waals surface area contributed by atoms with E-state index in [1.165, 1.54) is 141 Å². The van der Waals surface area contributed by atoms with Gasteiger partial charge in [0.2, 0.25) is 5.91 Å². The molecule has 0 aliphatic carbocycles. The number of nitrogens with one attached hydrogen (secondary N) is 1. The van der Waals surface area contributed by atoms with E-state index in [0.717, 1.165) is 38.5 Å². The monoisotopic (exact) mass is 730 g/mol. The van der Waals surface area contributed by atoms with Crippen molar-refractivity contribution in [3.63, 3.8) is 0 Å². The van der Waals surface area contributed by atoms with Crippen molar-refractivity contribution < 1.29 is 39.8 Å². The molecule has 1 rings (SSSR count). The van der Waals surface area contributed by atoms with Crippen LogP contribution in [0.15, 0.2) is 0 Å². The average Bonchev–Trinajstić information content (AvgIpc) is 3.13. The lowest BCUT2D eigenvalue weighted by Crippen LogP contribution is -2.60. The molecule has 0 bridgehead atoms. The van der Waals surface area contributed by atoms with E-state index in [1.54, 1.807) is 0 Å². The maximum atomic E-state index is 12.9. The number of hydrogen-bond acceptors (Lipinski definition) is 8. The van der Waals surface area contributed by atoms with Crippen LogP contribution in [0, 0.1) is 0 Å². The molecule has 51 heavy (non-hydrogen) atoms. The van der Waals surface area contributed by atoms with E-state index in [2.05, 4.69) is 19.2 Å². The molecule has 0 aromatic carbocycles. The Morgan fingerprint density at radius 2 is 0.980 bits per heavy atom. The highest BCUT2D eigenvalue weighted by Gasteiger charge is 2.44. The Morgan fingerprint density at radius 1 is 0.588 bits per heavy atom. The fraction of sp³-hybridized carbons (Fsp3) is 0.976. The number of aliphatic hydroxyl groups excluding tert-OH is 5.